The van der Waals surface area contributed by atoms with Crippen LogP contribution in [0.4, 0.5) is 5.00 Å². The lowest BCUT2D eigenvalue weighted by atomic mass is 9.88. The van der Waals surface area contributed by atoms with Crippen LogP contribution in [0.1, 0.15) is 46.6 Å². The summed E-state index contributed by atoms with van der Waals surface area (Å²) in [5, 5.41) is 12.9. The van der Waals surface area contributed by atoms with Crippen LogP contribution >= 0.6 is 11.3 Å². The molecule has 0 radical (unpaired) electrons. The average Bonchev–Trinajstić information content (AvgIpc) is 3.30. The average molecular weight is 408 g/mol. The van der Waals surface area contributed by atoms with Gasteiger partial charge in [0.1, 0.15) is 11.1 Å². The van der Waals surface area contributed by atoms with Crippen LogP contribution in [0.25, 0.3) is 11.0 Å². The van der Waals surface area contributed by atoms with Crippen molar-refractivity contribution >= 4 is 39.2 Å². The third-order valence-electron chi connectivity index (χ3n) is 5.17. The van der Waals surface area contributed by atoms with Gasteiger partial charge in [0.25, 0.3) is 5.91 Å². The molecule has 3 aromatic rings. The van der Waals surface area contributed by atoms with E-state index in [4.69, 9.17) is 4.74 Å². The maximum Gasteiger partial charge on any atom is 0.338 e. The van der Waals surface area contributed by atoms with Crippen LogP contribution in [0.2, 0.25) is 0 Å². The zero-order chi connectivity index (χ0) is 20.5. The lowest BCUT2D eigenvalue weighted by Gasteiger charge is -2.17. The lowest BCUT2D eigenvalue weighted by Crippen LogP contribution is -2.30. The largest absolute Gasteiger partial charge is 0.449 e. The number of nitrogens with zero attached hydrogens (tertiary/aromatic N) is 2. The third-order valence-corrected chi connectivity index (χ3v) is 6.34. The number of carbonyl (C=O) groups is 2. The Morgan fingerprint density at radius 1 is 1.45 bits per heavy atom. The number of rotatable bonds is 4. The number of anilines is 1. The number of imidazole rings is 1. The maximum atomic E-state index is 12.6. The molecule has 0 saturated heterocycles. The van der Waals surface area contributed by atoms with Crippen molar-refractivity contribution in [3.63, 3.8) is 0 Å². The fraction of sp³-hybridized carbons (Fsp3) is 0.333. The van der Waals surface area contributed by atoms with Gasteiger partial charge in [-0.05, 0) is 55.9 Å². The number of thiophene rings is 1. The third kappa shape index (κ3) is 3.74. The van der Waals surface area contributed by atoms with E-state index in [1.165, 1.54) is 18.3 Å². The van der Waals surface area contributed by atoms with Crippen molar-refractivity contribution in [2.75, 3.05) is 5.32 Å². The quantitative estimate of drug-likeness (QED) is 0.638. The molecule has 1 aliphatic rings. The molecule has 0 bridgehead atoms. The molecule has 29 heavy (non-hydrogen) atoms. The van der Waals surface area contributed by atoms with Crippen molar-refractivity contribution in [2.24, 2.45) is 5.92 Å². The van der Waals surface area contributed by atoms with Crippen molar-refractivity contribution in [3.8, 4) is 6.07 Å². The number of amides is 1. The number of carbonyl (C=O) groups excluding carboxylic acids is 2. The van der Waals surface area contributed by atoms with E-state index in [1.54, 1.807) is 24.5 Å². The Bertz CT molecular complexity index is 1140. The van der Waals surface area contributed by atoms with E-state index in [0.29, 0.717) is 27.6 Å². The van der Waals surface area contributed by atoms with Gasteiger partial charge in [0.15, 0.2) is 6.10 Å². The second-order valence-corrected chi connectivity index (χ2v) is 8.44. The van der Waals surface area contributed by atoms with Gasteiger partial charge in [0, 0.05) is 4.88 Å². The van der Waals surface area contributed by atoms with Crippen molar-refractivity contribution in [1.29, 1.82) is 5.26 Å². The molecule has 1 aliphatic carbocycles. The Balaban J connectivity index is 1.46. The first-order valence-corrected chi connectivity index (χ1v) is 10.3. The molecule has 0 saturated carbocycles. The molecular weight excluding hydrogens is 388 g/mol. The van der Waals surface area contributed by atoms with Gasteiger partial charge in [-0.15, -0.1) is 11.3 Å². The zero-order valence-corrected chi connectivity index (χ0v) is 16.9. The molecule has 2 atom stereocenters. The topological polar surface area (TPSA) is 108 Å². The highest BCUT2D eigenvalue weighted by atomic mass is 32.1. The van der Waals surface area contributed by atoms with Crippen LogP contribution in [-0.2, 0) is 22.4 Å². The van der Waals surface area contributed by atoms with E-state index in [1.807, 2.05) is 0 Å². The summed E-state index contributed by atoms with van der Waals surface area (Å²) in [6.07, 6.45) is 3.37. The fourth-order valence-corrected chi connectivity index (χ4v) is 4.88. The van der Waals surface area contributed by atoms with Crippen LogP contribution in [0.3, 0.4) is 0 Å². The van der Waals surface area contributed by atoms with Crippen LogP contribution in [0.15, 0.2) is 24.5 Å². The lowest BCUT2D eigenvalue weighted by molar-refractivity contribution is -0.123. The molecule has 0 spiro atoms. The highest BCUT2D eigenvalue weighted by Gasteiger charge is 2.26. The molecule has 2 N–H and O–H groups in total. The molecule has 1 aromatic carbocycles. The van der Waals surface area contributed by atoms with E-state index >= 15 is 0 Å². The number of aromatic amines is 1. The summed E-state index contributed by atoms with van der Waals surface area (Å²) in [4.78, 5) is 33.2. The number of aromatic nitrogens is 2. The number of esters is 1. The van der Waals surface area contributed by atoms with E-state index in [0.717, 1.165) is 35.2 Å². The van der Waals surface area contributed by atoms with Crippen molar-refractivity contribution in [3.05, 3.63) is 46.1 Å². The Kier molecular flexibility index (Phi) is 5.07. The molecule has 2 unspecified atom stereocenters. The molecule has 7 nitrogen and oxygen atoms in total. The van der Waals surface area contributed by atoms with Gasteiger partial charge in [-0.3, -0.25) is 4.79 Å². The number of ether oxygens (including phenoxy) is 1. The number of hydrogen-bond donors (Lipinski definition) is 2. The van der Waals surface area contributed by atoms with Crippen molar-refractivity contribution in [1.82, 2.24) is 9.97 Å². The van der Waals surface area contributed by atoms with Gasteiger partial charge in [0.2, 0.25) is 0 Å². The summed E-state index contributed by atoms with van der Waals surface area (Å²) >= 11 is 1.45. The molecule has 1 amide bonds. The van der Waals surface area contributed by atoms with E-state index in [9.17, 15) is 14.9 Å². The minimum atomic E-state index is -0.996. The summed E-state index contributed by atoms with van der Waals surface area (Å²) in [6, 6.07) is 7.18. The first-order chi connectivity index (χ1) is 14.0. The highest BCUT2D eigenvalue weighted by Crippen LogP contribution is 2.39. The number of fused-ring (bicyclic) bond motifs is 2. The molecule has 4 rings (SSSR count). The SMILES string of the molecule is CC1CCc2c(sc(NC(=O)C(C)OC(=O)c3ccc4nc[nH]c4c3)c2C#N)C1. The summed E-state index contributed by atoms with van der Waals surface area (Å²) < 4.78 is 5.32. The smallest absolute Gasteiger partial charge is 0.338 e. The summed E-state index contributed by atoms with van der Waals surface area (Å²) in [6.45, 7) is 3.71. The standard InChI is InChI=1S/C21H20N4O3S/c1-11-3-5-14-15(9-22)20(29-18(14)7-11)25-19(26)12(2)28-21(27)13-4-6-16-17(8-13)24-10-23-16/h4,6,8,10-12H,3,5,7H2,1-2H3,(H,23,24)(H,25,26). The van der Waals surface area contributed by atoms with Gasteiger partial charge in [-0.2, -0.15) is 5.26 Å². The van der Waals surface area contributed by atoms with Gasteiger partial charge < -0.3 is 15.0 Å². The van der Waals surface area contributed by atoms with Gasteiger partial charge in [-0.1, -0.05) is 6.92 Å². The Morgan fingerprint density at radius 2 is 2.28 bits per heavy atom. The van der Waals surface area contributed by atoms with E-state index in [2.05, 4.69) is 28.3 Å². The molecule has 0 aliphatic heterocycles. The Morgan fingerprint density at radius 3 is 3.07 bits per heavy atom. The molecule has 8 heteroatoms. The normalized spacial score (nSPS) is 16.7. The monoisotopic (exact) mass is 408 g/mol. The fourth-order valence-electron chi connectivity index (χ4n) is 3.52. The molecule has 2 aromatic heterocycles. The van der Waals surface area contributed by atoms with E-state index < -0.39 is 18.0 Å². The van der Waals surface area contributed by atoms with Gasteiger partial charge >= 0.3 is 5.97 Å². The number of nitrogens with one attached hydrogen (secondary N) is 2. The summed E-state index contributed by atoms with van der Waals surface area (Å²) in [5.74, 6) is -0.476. The van der Waals surface area contributed by atoms with Crippen molar-refractivity contribution in [2.45, 2.75) is 39.2 Å². The van der Waals surface area contributed by atoms with Crippen molar-refractivity contribution < 1.29 is 14.3 Å². The zero-order valence-electron chi connectivity index (χ0n) is 16.1. The first-order valence-electron chi connectivity index (χ1n) is 9.46. The molecular formula is C21H20N4O3S. The van der Waals surface area contributed by atoms with Crippen LogP contribution < -0.4 is 5.32 Å². The first kappa shape index (κ1) is 19.2. The number of nitriles is 1. The minimum absolute atomic E-state index is 0.333. The molecule has 148 valence electrons. The van der Waals surface area contributed by atoms with Gasteiger partial charge in [0.05, 0.1) is 28.5 Å². The second kappa shape index (κ2) is 7.68. The van der Waals surface area contributed by atoms with Crippen LogP contribution in [-0.4, -0.2) is 27.9 Å². The summed E-state index contributed by atoms with van der Waals surface area (Å²) in [7, 11) is 0. The predicted molar refractivity (Wildman–Crippen MR) is 110 cm³/mol. The molecule has 2 heterocycles. The van der Waals surface area contributed by atoms with Crippen LogP contribution in [0.5, 0.6) is 0 Å². The predicted octanol–water partition coefficient (Wildman–Crippen LogP) is 3.80. The number of benzene rings is 1. The van der Waals surface area contributed by atoms with E-state index in [-0.39, 0.29) is 0 Å². The van der Waals surface area contributed by atoms with Crippen LogP contribution in [0, 0.1) is 17.2 Å². The number of H-pyrrole nitrogens is 1. The summed E-state index contributed by atoms with van der Waals surface area (Å²) in [5.41, 5.74) is 3.37. The Hall–Kier alpha value is -3.18. The molecule has 0 fully saturated rings. The van der Waals surface area contributed by atoms with Gasteiger partial charge in [-0.25, -0.2) is 9.78 Å². The minimum Gasteiger partial charge on any atom is -0.449 e. The maximum absolute atomic E-state index is 12.6. The highest BCUT2D eigenvalue weighted by molar-refractivity contribution is 7.16. The second-order valence-electron chi connectivity index (χ2n) is 7.34. The number of hydrogen-bond acceptors (Lipinski definition) is 6. The Labute approximate surface area is 171 Å².